The standard InChI is InChI=1S/C15H19N3S/c1-11-17-13(10-19-11)7-18-8-14(15(16)9-18)12-5-3-2-4-6-12/h2-6,10,14-15H,7-9,16H2,1H3/t14-,15+/m0/s1. The molecular weight excluding hydrogens is 254 g/mol. The van der Waals surface area contributed by atoms with Crippen molar-refractivity contribution in [2.45, 2.75) is 25.4 Å². The minimum absolute atomic E-state index is 0.224. The topological polar surface area (TPSA) is 42.2 Å². The number of benzene rings is 1. The molecule has 0 saturated carbocycles. The van der Waals surface area contributed by atoms with Crippen LogP contribution in [0.3, 0.4) is 0 Å². The van der Waals surface area contributed by atoms with Gasteiger partial charge in [0.1, 0.15) is 0 Å². The van der Waals surface area contributed by atoms with Crippen LogP contribution in [0.4, 0.5) is 0 Å². The predicted octanol–water partition coefficient (Wildman–Crippen LogP) is 2.38. The summed E-state index contributed by atoms with van der Waals surface area (Å²) >= 11 is 1.72. The lowest BCUT2D eigenvalue weighted by molar-refractivity contribution is 0.320. The summed E-state index contributed by atoms with van der Waals surface area (Å²) in [6.45, 7) is 4.95. The Morgan fingerprint density at radius 3 is 2.79 bits per heavy atom. The molecule has 1 aromatic heterocycles. The van der Waals surface area contributed by atoms with E-state index in [1.54, 1.807) is 11.3 Å². The number of nitrogens with two attached hydrogens (primary N) is 1. The summed E-state index contributed by atoms with van der Waals surface area (Å²) in [6, 6.07) is 10.8. The molecule has 1 fully saturated rings. The molecule has 19 heavy (non-hydrogen) atoms. The van der Waals surface area contributed by atoms with Gasteiger partial charge in [-0.25, -0.2) is 4.98 Å². The highest BCUT2D eigenvalue weighted by Crippen LogP contribution is 2.27. The van der Waals surface area contributed by atoms with E-state index in [-0.39, 0.29) is 6.04 Å². The molecule has 0 radical (unpaired) electrons. The molecule has 100 valence electrons. The second-order valence-electron chi connectivity index (χ2n) is 5.23. The lowest BCUT2D eigenvalue weighted by atomic mass is 9.95. The van der Waals surface area contributed by atoms with Crippen LogP contribution in [-0.2, 0) is 6.54 Å². The molecule has 3 nitrogen and oxygen atoms in total. The second-order valence-corrected chi connectivity index (χ2v) is 6.30. The number of nitrogens with zero attached hydrogens (tertiary/aromatic N) is 2. The summed E-state index contributed by atoms with van der Waals surface area (Å²) in [6.07, 6.45) is 0. The average Bonchev–Trinajstić information content (AvgIpc) is 2.97. The van der Waals surface area contributed by atoms with Crippen molar-refractivity contribution in [2.24, 2.45) is 5.73 Å². The van der Waals surface area contributed by atoms with Gasteiger partial charge in [0.25, 0.3) is 0 Å². The highest BCUT2D eigenvalue weighted by molar-refractivity contribution is 7.09. The van der Waals surface area contributed by atoms with Crippen molar-refractivity contribution in [3.63, 3.8) is 0 Å². The van der Waals surface area contributed by atoms with Gasteiger partial charge in [-0.3, -0.25) is 4.90 Å². The van der Waals surface area contributed by atoms with Crippen LogP contribution in [0.1, 0.15) is 22.2 Å². The van der Waals surface area contributed by atoms with Crippen LogP contribution in [-0.4, -0.2) is 29.0 Å². The van der Waals surface area contributed by atoms with Gasteiger partial charge < -0.3 is 5.73 Å². The summed E-state index contributed by atoms with van der Waals surface area (Å²) in [5, 5.41) is 3.29. The minimum Gasteiger partial charge on any atom is -0.326 e. The Bertz CT molecular complexity index is 537. The summed E-state index contributed by atoms with van der Waals surface area (Å²) in [5.74, 6) is 0.445. The smallest absolute Gasteiger partial charge is 0.0897 e. The van der Waals surface area contributed by atoms with E-state index >= 15 is 0 Å². The van der Waals surface area contributed by atoms with Crippen molar-refractivity contribution in [3.8, 4) is 0 Å². The van der Waals surface area contributed by atoms with E-state index in [1.807, 2.05) is 0 Å². The third kappa shape index (κ3) is 2.86. The van der Waals surface area contributed by atoms with Gasteiger partial charge in [-0.15, -0.1) is 11.3 Å². The van der Waals surface area contributed by atoms with E-state index in [9.17, 15) is 0 Å². The van der Waals surface area contributed by atoms with Crippen molar-refractivity contribution in [1.82, 2.24) is 9.88 Å². The highest BCUT2D eigenvalue weighted by Gasteiger charge is 2.31. The number of likely N-dealkylation sites (tertiary alicyclic amines) is 1. The largest absolute Gasteiger partial charge is 0.326 e. The molecule has 2 aromatic rings. The van der Waals surface area contributed by atoms with Gasteiger partial charge in [-0.05, 0) is 12.5 Å². The lowest BCUT2D eigenvalue weighted by Gasteiger charge is -2.15. The normalized spacial score (nSPS) is 23.9. The number of hydrogen-bond acceptors (Lipinski definition) is 4. The van der Waals surface area contributed by atoms with Gasteiger partial charge in [-0.1, -0.05) is 30.3 Å². The Morgan fingerprint density at radius 2 is 2.11 bits per heavy atom. The molecule has 1 saturated heterocycles. The fourth-order valence-electron chi connectivity index (χ4n) is 2.81. The maximum absolute atomic E-state index is 6.30. The molecule has 1 aromatic carbocycles. The van der Waals surface area contributed by atoms with Crippen LogP contribution in [0.25, 0.3) is 0 Å². The predicted molar refractivity (Wildman–Crippen MR) is 79.3 cm³/mol. The number of hydrogen-bond donors (Lipinski definition) is 1. The van der Waals surface area contributed by atoms with Crippen LogP contribution in [0.15, 0.2) is 35.7 Å². The molecule has 0 spiro atoms. The Hall–Kier alpha value is -1.23. The third-order valence-corrected chi connectivity index (χ3v) is 4.54. The lowest BCUT2D eigenvalue weighted by Crippen LogP contribution is -2.28. The zero-order chi connectivity index (χ0) is 13.2. The summed E-state index contributed by atoms with van der Waals surface area (Å²) < 4.78 is 0. The molecule has 1 aliphatic rings. The quantitative estimate of drug-likeness (QED) is 0.933. The van der Waals surface area contributed by atoms with E-state index in [0.29, 0.717) is 5.92 Å². The van der Waals surface area contributed by atoms with Crippen LogP contribution in [0.2, 0.25) is 0 Å². The number of thiazole rings is 1. The molecule has 0 amide bonds. The molecule has 2 atom stereocenters. The van der Waals surface area contributed by atoms with Crippen LogP contribution in [0, 0.1) is 6.92 Å². The Kier molecular flexibility index (Phi) is 3.64. The molecular formula is C15H19N3S. The summed E-state index contributed by atoms with van der Waals surface area (Å²) in [7, 11) is 0. The maximum Gasteiger partial charge on any atom is 0.0897 e. The first-order chi connectivity index (χ1) is 9.22. The van der Waals surface area contributed by atoms with E-state index in [0.717, 1.165) is 24.6 Å². The first-order valence-corrected chi connectivity index (χ1v) is 7.54. The summed E-state index contributed by atoms with van der Waals surface area (Å²) in [5.41, 5.74) is 8.82. The average molecular weight is 273 g/mol. The van der Waals surface area contributed by atoms with Gasteiger partial charge in [0, 0.05) is 37.0 Å². The van der Waals surface area contributed by atoms with Gasteiger partial charge in [-0.2, -0.15) is 0 Å². The third-order valence-electron chi connectivity index (χ3n) is 3.72. The Morgan fingerprint density at radius 1 is 1.32 bits per heavy atom. The molecule has 0 bridgehead atoms. The van der Waals surface area contributed by atoms with E-state index in [2.05, 4.69) is 52.5 Å². The van der Waals surface area contributed by atoms with E-state index in [1.165, 1.54) is 11.3 Å². The molecule has 4 heteroatoms. The van der Waals surface area contributed by atoms with Crippen LogP contribution < -0.4 is 5.73 Å². The molecule has 0 unspecified atom stereocenters. The number of aryl methyl sites for hydroxylation is 1. The molecule has 0 aliphatic carbocycles. The molecule has 3 rings (SSSR count). The number of rotatable bonds is 3. The van der Waals surface area contributed by atoms with Crippen molar-refractivity contribution in [1.29, 1.82) is 0 Å². The van der Waals surface area contributed by atoms with Crippen molar-refractivity contribution >= 4 is 11.3 Å². The molecule has 2 N–H and O–H groups in total. The van der Waals surface area contributed by atoms with E-state index in [4.69, 9.17) is 5.73 Å². The van der Waals surface area contributed by atoms with E-state index < -0.39 is 0 Å². The first-order valence-electron chi connectivity index (χ1n) is 6.66. The van der Waals surface area contributed by atoms with Crippen molar-refractivity contribution < 1.29 is 0 Å². The molecule has 1 aliphatic heterocycles. The molecule has 2 heterocycles. The van der Waals surface area contributed by atoms with Gasteiger partial charge in [0.2, 0.25) is 0 Å². The SMILES string of the molecule is Cc1nc(CN2C[C@@H](N)[C@H](c3ccccc3)C2)cs1. The highest BCUT2D eigenvalue weighted by atomic mass is 32.1. The Balaban J connectivity index is 1.68. The van der Waals surface area contributed by atoms with Crippen molar-refractivity contribution in [3.05, 3.63) is 52.0 Å². The van der Waals surface area contributed by atoms with Crippen molar-refractivity contribution in [2.75, 3.05) is 13.1 Å². The van der Waals surface area contributed by atoms with Crippen LogP contribution >= 0.6 is 11.3 Å². The first kappa shape index (κ1) is 12.8. The zero-order valence-electron chi connectivity index (χ0n) is 11.1. The second kappa shape index (κ2) is 5.41. The van der Waals surface area contributed by atoms with Gasteiger partial charge in [0.15, 0.2) is 0 Å². The maximum atomic E-state index is 6.30. The summed E-state index contributed by atoms with van der Waals surface area (Å²) in [4.78, 5) is 6.95. The van der Waals surface area contributed by atoms with Gasteiger partial charge in [0.05, 0.1) is 10.7 Å². The minimum atomic E-state index is 0.224. The van der Waals surface area contributed by atoms with Gasteiger partial charge >= 0.3 is 0 Å². The number of aromatic nitrogens is 1. The monoisotopic (exact) mass is 273 g/mol. The Labute approximate surface area is 118 Å². The van der Waals surface area contributed by atoms with Crippen LogP contribution in [0.5, 0.6) is 0 Å². The zero-order valence-corrected chi connectivity index (χ0v) is 11.9. The fourth-order valence-corrected chi connectivity index (χ4v) is 3.41. The fraction of sp³-hybridized carbons (Fsp3) is 0.400.